The maximum atomic E-state index is 13.2. The van der Waals surface area contributed by atoms with Gasteiger partial charge in [-0.05, 0) is 74.4 Å². The highest BCUT2D eigenvalue weighted by Crippen LogP contribution is 2.37. The normalized spacial score (nSPS) is 18.7. The number of amides is 4. The average molecular weight is 895 g/mol. The fourth-order valence-corrected chi connectivity index (χ4v) is 10.9. The Hall–Kier alpha value is -5.30. The number of methoxy groups -OCH3 is 1. The number of aromatic nitrogens is 2. The predicted octanol–water partition coefficient (Wildman–Crippen LogP) is 5.33. The Morgan fingerprint density at radius 2 is 1.71 bits per heavy atom. The molecule has 4 amide bonds. The number of halogens is 1. The summed E-state index contributed by atoms with van der Waals surface area (Å²) in [5, 5.41) is 7.06. The maximum Gasteiger partial charge on any atom is 0.255 e. The lowest BCUT2D eigenvalue weighted by atomic mass is 10.0. The number of imide groups is 1. The van der Waals surface area contributed by atoms with Gasteiger partial charge >= 0.3 is 0 Å². The number of fused-ring (bicyclic) bond motifs is 1. The first-order valence-corrected chi connectivity index (χ1v) is 24.9. The molecule has 4 aliphatic heterocycles. The largest absolute Gasteiger partial charge is 0.496 e. The van der Waals surface area contributed by atoms with Crippen LogP contribution >= 0.6 is 18.7 Å². The van der Waals surface area contributed by atoms with Gasteiger partial charge < -0.3 is 29.3 Å². The summed E-state index contributed by atoms with van der Waals surface area (Å²) in [4.78, 5) is 68.1. The third-order valence-corrected chi connectivity index (χ3v) is 14.8. The lowest BCUT2D eigenvalue weighted by Gasteiger charge is -2.43. The van der Waals surface area contributed by atoms with E-state index in [1.54, 1.807) is 37.6 Å². The number of piperazine rings is 1. The second-order valence-corrected chi connectivity index (χ2v) is 20.9. The van der Waals surface area contributed by atoms with Crippen LogP contribution in [0.1, 0.15) is 77.1 Å². The minimum Gasteiger partial charge on any atom is -0.496 e. The van der Waals surface area contributed by atoms with Crippen molar-refractivity contribution in [1.82, 2.24) is 30.0 Å². The van der Waals surface area contributed by atoms with Crippen molar-refractivity contribution in [2.24, 2.45) is 0 Å². The number of nitrogens with one attached hydrogen (secondary N) is 2. The molecule has 2 N–H and O–H groups in total. The second kappa shape index (κ2) is 19.2. The number of nitrogens with zero attached hydrogens (tertiary/aromatic N) is 6. The number of carbonyl (C=O) groups is 4. The van der Waals surface area contributed by atoms with E-state index in [-0.39, 0.29) is 24.1 Å². The van der Waals surface area contributed by atoms with E-state index in [0.29, 0.717) is 73.3 Å². The topological polar surface area (TPSA) is 157 Å². The SMILES string of the molecule is COc1cc(N2CCC(N3CCN(C(=O)CCCNc4ccc5c(c4)CN(C4CCC(=O)NC4=O)C5=O)CC3)CC2)ccc1Cc1ncc(Cl)c(Cc2ccccc2P(C)(C)=O)n1. The van der Waals surface area contributed by atoms with Crippen molar-refractivity contribution >= 4 is 59.1 Å². The number of benzene rings is 3. The summed E-state index contributed by atoms with van der Waals surface area (Å²) < 4.78 is 18.8. The van der Waals surface area contributed by atoms with Gasteiger partial charge in [-0.3, -0.25) is 29.4 Å². The van der Waals surface area contributed by atoms with Crippen LogP contribution in [-0.2, 0) is 38.3 Å². The van der Waals surface area contributed by atoms with Gasteiger partial charge in [-0.2, -0.15) is 0 Å². The molecule has 0 saturated carbocycles. The molecule has 4 aliphatic rings. The van der Waals surface area contributed by atoms with Gasteiger partial charge in [0.15, 0.2) is 0 Å². The van der Waals surface area contributed by atoms with E-state index in [1.807, 2.05) is 41.3 Å². The maximum absolute atomic E-state index is 13.2. The molecule has 0 bridgehead atoms. The summed E-state index contributed by atoms with van der Waals surface area (Å²) in [6.07, 6.45) is 6.41. The zero-order valence-corrected chi connectivity index (χ0v) is 37.9. The van der Waals surface area contributed by atoms with Crippen LogP contribution in [0.5, 0.6) is 5.75 Å². The van der Waals surface area contributed by atoms with Crippen LogP contribution in [0.2, 0.25) is 5.02 Å². The molecule has 16 heteroatoms. The van der Waals surface area contributed by atoms with Crippen LogP contribution in [0.15, 0.2) is 66.9 Å². The van der Waals surface area contributed by atoms with E-state index in [9.17, 15) is 23.7 Å². The van der Waals surface area contributed by atoms with Crippen molar-refractivity contribution in [2.45, 2.75) is 70.0 Å². The van der Waals surface area contributed by atoms with E-state index in [0.717, 1.165) is 91.2 Å². The van der Waals surface area contributed by atoms with Crippen molar-refractivity contribution in [3.05, 3.63) is 106 Å². The first-order chi connectivity index (χ1) is 30.3. The van der Waals surface area contributed by atoms with Gasteiger partial charge in [-0.1, -0.05) is 41.9 Å². The molecule has 0 spiro atoms. The molecule has 1 aromatic heterocycles. The molecule has 14 nitrogen and oxygen atoms in total. The highest BCUT2D eigenvalue weighted by atomic mass is 35.5. The Labute approximate surface area is 374 Å². The quantitative estimate of drug-likeness (QED) is 0.0958. The van der Waals surface area contributed by atoms with Crippen LogP contribution < -0.4 is 25.6 Å². The van der Waals surface area contributed by atoms with Crippen LogP contribution in [0.25, 0.3) is 0 Å². The molecule has 332 valence electrons. The average Bonchev–Trinajstić information content (AvgIpc) is 3.60. The molecule has 3 fully saturated rings. The van der Waals surface area contributed by atoms with Gasteiger partial charge in [-0.25, -0.2) is 9.97 Å². The molecular weight excluding hydrogens is 839 g/mol. The van der Waals surface area contributed by atoms with Crippen LogP contribution in [-0.4, -0.2) is 127 Å². The highest BCUT2D eigenvalue weighted by Gasteiger charge is 2.39. The number of piperidine rings is 2. The number of carbonyl (C=O) groups excluding carboxylic acids is 4. The summed E-state index contributed by atoms with van der Waals surface area (Å²) in [6.45, 7) is 9.61. The first kappa shape index (κ1) is 44.3. The number of hydrogen-bond acceptors (Lipinski definition) is 11. The summed E-state index contributed by atoms with van der Waals surface area (Å²) in [7, 11) is -0.787. The minimum absolute atomic E-state index is 0.179. The summed E-state index contributed by atoms with van der Waals surface area (Å²) in [5.41, 5.74) is 6.07. The molecule has 8 rings (SSSR count). The molecule has 3 saturated heterocycles. The molecular formula is C47H56ClN8O6P. The predicted molar refractivity (Wildman–Crippen MR) is 245 cm³/mol. The van der Waals surface area contributed by atoms with E-state index < -0.39 is 19.1 Å². The Bertz CT molecular complexity index is 2430. The molecule has 1 atom stereocenters. The Balaban J connectivity index is 0.765. The smallest absolute Gasteiger partial charge is 0.255 e. The Morgan fingerprint density at radius 1 is 0.937 bits per heavy atom. The summed E-state index contributed by atoms with van der Waals surface area (Å²) >= 11 is 6.57. The standard InChI is InChI=1S/C47H56ClN8O6P/c1-62-41-28-36(12-10-31(41)27-43-50-29-38(48)39(51-43)26-32-7-4-5-8-42(32)63(2,3)61)53-19-16-35(17-20-53)54-21-23-55(24-22-54)45(58)9-6-18-49-34-11-13-37-33(25-34)30-56(47(37)60)40-14-15-44(57)52-46(40)59/h4-5,7-8,10-13,25,28-29,35,40,49H,6,9,14-24,26-27,30H2,1-3H3,(H,52,57,59). The van der Waals surface area contributed by atoms with Gasteiger partial charge in [0.05, 0.1) is 17.8 Å². The molecule has 63 heavy (non-hydrogen) atoms. The van der Waals surface area contributed by atoms with Crippen molar-refractivity contribution in [1.29, 1.82) is 0 Å². The monoisotopic (exact) mass is 894 g/mol. The first-order valence-electron chi connectivity index (χ1n) is 21.9. The molecule has 3 aromatic carbocycles. The second-order valence-electron chi connectivity index (χ2n) is 17.3. The number of anilines is 2. The van der Waals surface area contributed by atoms with Gasteiger partial charge in [0.25, 0.3) is 5.91 Å². The van der Waals surface area contributed by atoms with Gasteiger partial charge in [0.2, 0.25) is 17.7 Å². The fraction of sp³-hybridized carbons (Fsp3) is 0.447. The van der Waals surface area contributed by atoms with Crippen LogP contribution in [0, 0.1) is 0 Å². The molecule has 0 radical (unpaired) electrons. The highest BCUT2D eigenvalue weighted by molar-refractivity contribution is 7.70. The lowest BCUT2D eigenvalue weighted by molar-refractivity contribution is -0.137. The lowest BCUT2D eigenvalue weighted by Crippen LogP contribution is -2.54. The van der Waals surface area contributed by atoms with Gasteiger partial charge in [-0.15, -0.1) is 0 Å². The van der Waals surface area contributed by atoms with E-state index in [2.05, 4.69) is 43.6 Å². The Morgan fingerprint density at radius 3 is 2.46 bits per heavy atom. The molecule has 5 heterocycles. The third kappa shape index (κ3) is 10.2. The van der Waals surface area contributed by atoms with Crippen molar-refractivity contribution in [2.75, 3.05) is 76.5 Å². The Kier molecular flexibility index (Phi) is 13.5. The number of rotatable bonds is 14. The van der Waals surface area contributed by atoms with Crippen molar-refractivity contribution in [3.8, 4) is 5.75 Å². The molecule has 4 aromatic rings. The molecule has 0 aliphatic carbocycles. The fourth-order valence-electron chi connectivity index (χ4n) is 9.41. The van der Waals surface area contributed by atoms with Crippen LogP contribution in [0.4, 0.5) is 11.4 Å². The zero-order chi connectivity index (χ0) is 44.3. The number of hydrogen-bond donors (Lipinski definition) is 2. The van der Waals surface area contributed by atoms with Gasteiger partial charge in [0, 0.05) is 124 Å². The van der Waals surface area contributed by atoms with Crippen LogP contribution in [0.3, 0.4) is 0 Å². The van der Waals surface area contributed by atoms with E-state index in [1.165, 1.54) is 0 Å². The number of ether oxygens (including phenoxy) is 1. The van der Waals surface area contributed by atoms with E-state index in [4.69, 9.17) is 21.3 Å². The van der Waals surface area contributed by atoms with Gasteiger partial charge in [0.1, 0.15) is 24.8 Å². The minimum atomic E-state index is -2.48. The van der Waals surface area contributed by atoms with Crippen molar-refractivity contribution in [3.63, 3.8) is 0 Å². The summed E-state index contributed by atoms with van der Waals surface area (Å²) in [5.74, 6) is 0.701. The zero-order valence-electron chi connectivity index (χ0n) is 36.3. The molecule has 1 unspecified atom stereocenters. The van der Waals surface area contributed by atoms with E-state index >= 15 is 0 Å². The summed E-state index contributed by atoms with van der Waals surface area (Å²) in [6, 6.07) is 19.5. The third-order valence-electron chi connectivity index (χ3n) is 12.8. The van der Waals surface area contributed by atoms with Crippen molar-refractivity contribution < 1.29 is 28.5 Å².